The Hall–Kier alpha value is -1.41. The van der Waals surface area contributed by atoms with E-state index >= 15 is 0 Å². The molecule has 2 saturated carbocycles. The second-order valence-electron chi connectivity index (χ2n) is 6.53. The number of nitrogens with two attached hydrogens (primary N) is 1. The average Bonchev–Trinajstić information content (AvgIpc) is 2.84. The number of primary amides is 1. The normalized spacial score (nSPS) is 26.2. The summed E-state index contributed by atoms with van der Waals surface area (Å²) >= 11 is 2.70. The van der Waals surface area contributed by atoms with E-state index in [1.807, 2.05) is 6.92 Å². The Morgan fingerprint density at radius 1 is 1.33 bits per heavy atom. The van der Waals surface area contributed by atoms with Gasteiger partial charge in [-0.25, -0.2) is 4.98 Å². The highest BCUT2D eigenvalue weighted by atomic mass is 32.2. The number of carbonyl (C=O) groups is 3. The summed E-state index contributed by atoms with van der Waals surface area (Å²) < 4.78 is 0.889. The molecule has 6 nitrogen and oxygen atoms in total. The number of rotatable bonds is 5. The Kier molecular flexibility index (Phi) is 5.24. The van der Waals surface area contributed by atoms with Gasteiger partial charge in [0.25, 0.3) is 0 Å². The summed E-state index contributed by atoms with van der Waals surface area (Å²) in [6.45, 7) is 1.85. The molecule has 3 rings (SSSR count). The van der Waals surface area contributed by atoms with Gasteiger partial charge >= 0.3 is 0 Å². The van der Waals surface area contributed by atoms with Crippen molar-refractivity contribution in [3.63, 3.8) is 0 Å². The highest BCUT2D eigenvalue weighted by molar-refractivity contribution is 8.01. The molecule has 0 radical (unpaired) electrons. The number of amides is 2. The number of aryl methyl sites for hydroxylation is 1. The van der Waals surface area contributed by atoms with E-state index in [1.54, 1.807) is 0 Å². The molecule has 0 saturated heterocycles. The van der Waals surface area contributed by atoms with Gasteiger partial charge in [-0.3, -0.25) is 14.4 Å². The minimum atomic E-state index is -0.378. The van der Waals surface area contributed by atoms with Crippen LogP contribution in [-0.2, 0) is 14.4 Å². The van der Waals surface area contributed by atoms with Crippen molar-refractivity contribution >= 4 is 45.8 Å². The summed E-state index contributed by atoms with van der Waals surface area (Å²) in [5, 5.41) is 3.44. The summed E-state index contributed by atoms with van der Waals surface area (Å²) in [4.78, 5) is 39.9. The molecule has 2 amide bonds. The lowest BCUT2D eigenvalue weighted by atomic mass is 9.67. The van der Waals surface area contributed by atoms with E-state index < -0.39 is 0 Å². The number of hydrogen-bond acceptors (Lipinski definition) is 6. The van der Waals surface area contributed by atoms with Gasteiger partial charge in [0.05, 0.1) is 15.7 Å². The summed E-state index contributed by atoms with van der Waals surface area (Å²) in [6, 6.07) is 0. The fourth-order valence-electron chi connectivity index (χ4n) is 3.61. The number of ketones is 1. The summed E-state index contributed by atoms with van der Waals surface area (Å²) in [5.41, 5.74) is 5.95. The second-order valence-corrected chi connectivity index (χ2v) is 8.77. The second kappa shape index (κ2) is 7.23. The van der Waals surface area contributed by atoms with Crippen LogP contribution in [-0.4, -0.2) is 28.3 Å². The molecule has 1 aromatic heterocycles. The molecule has 1 aromatic rings. The van der Waals surface area contributed by atoms with Crippen molar-refractivity contribution in [2.24, 2.45) is 23.5 Å². The molecule has 8 heteroatoms. The highest BCUT2D eigenvalue weighted by Crippen LogP contribution is 2.40. The molecule has 0 aliphatic heterocycles. The molecule has 24 heavy (non-hydrogen) atoms. The Morgan fingerprint density at radius 2 is 2.00 bits per heavy atom. The van der Waals surface area contributed by atoms with Crippen LogP contribution >= 0.6 is 23.1 Å². The standard InChI is InChI=1S/C16H21N3O3S2/c1-8-15(23-7-12(17)20)24-16(18-8)19-14(22)11-5-9-3-2-4-10(6-11)13(9)21/h9-11H,2-7H2,1H3,(H2,17,20)(H,18,19,22). The quantitative estimate of drug-likeness (QED) is 0.778. The third-order valence-electron chi connectivity index (χ3n) is 4.75. The summed E-state index contributed by atoms with van der Waals surface area (Å²) in [6.07, 6.45) is 4.26. The fraction of sp³-hybridized carbons (Fsp3) is 0.625. The number of nitrogens with zero attached hydrogens (tertiary/aromatic N) is 1. The van der Waals surface area contributed by atoms with Gasteiger partial charge in [-0.2, -0.15) is 0 Å². The molecule has 1 heterocycles. The maximum Gasteiger partial charge on any atom is 0.229 e. The van der Waals surface area contributed by atoms with E-state index in [9.17, 15) is 14.4 Å². The summed E-state index contributed by atoms with van der Waals surface area (Å²) in [7, 11) is 0. The van der Waals surface area contributed by atoms with Gasteiger partial charge in [0, 0.05) is 17.8 Å². The van der Waals surface area contributed by atoms with Crippen molar-refractivity contribution < 1.29 is 14.4 Å². The molecule has 2 aliphatic rings. The lowest BCUT2D eigenvalue weighted by Gasteiger charge is -2.36. The molecule has 2 unspecified atom stereocenters. The van der Waals surface area contributed by atoms with Crippen LogP contribution in [0.2, 0.25) is 0 Å². The van der Waals surface area contributed by atoms with Crippen molar-refractivity contribution in [2.45, 2.75) is 43.2 Å². The van der Waals surface area contributed by atoms with Crippen LogP contribution in [0, 0.1) is 24.7 Å². The monoisotopic (exact) mass is 367 g/mol. The van der Waals surface area contributed by atoms with E-state index in [-0.39, 0.29) is 35.3 Å². The van der Waals surface area contributed by atoms with Crippen LogP contribution in [0.15, 0.2) is 4.21 Å². The number of thioether (sulfide) groups is 1. The predicted octanol–water partition coefficient (Wildman–Crippen LogP) is 2.36. The van der Waals surface area contributed by atoms with E-state index in [0.717, 1.165) is 29.2 Å². The van der Waals surface area contributed by atoms with Crippen LogP contribution in [0.3, 0.4) is 0 Å². The average molecular weight is 367 g/mol. The van der Waals surface area contributed by atoms with E-state index in [4.69, 9.17) is 5.73 Å². The molecule has 0 spiro atoms. The van der Waals surface area contributed by atoms with Gasteiger partial charge in [0.15, 0.2) is 5.13 Å². The van der Waals surface area contributed by atoms with E-state index in [1.165, 1.54) is 23.1 Å². The van der Waals surface area contributed by atoms with Gasteiger partial charge < -0.3 is 11.1 Å². The number of thiazole rings is 1. The number of hydrogen-bond donors (Lipinski definition) is 2. The maximum absolute atomic E-state index is 12.6. The first-order valence-electron chi connectivity index (χ1n) is 8.17. The lowest BCUT2D eigenvalue weighted by molar-refractivity contribution is -0.136. The number of Topliss-reactive ketones (excluding diaryl/α,β-unsaturated/α-hetero) is 1. The third-order valence-corrected chi connectivity index (χ3v) is 7.21. The lowest BCUT2D eigenvalue weighted by Crippen LogP contribution is -2.40. The topological polar surface area (TPSA) is 102 Å². The van der Waals surface area contributed by atoms with Gasteiger partial charge in [-0.1, -0.05) is 17.8 Å². The first kappa shape index (κ1) is 17.4. The zero-order valence-corrected chi connectivity index (χ0v) is 15.2. The van der Waals surface area contributed by atoms with Crippen molar-refractivity contribution in [1.82, 2.24) is 4.98 Å². The molecular formula is C16H21N3O3S2. The Balaban J connectivity index is 1.62. The molecule has 2 atom stereocenters. The largest absolute Gasteiger partial charge is 0.369 e. The molecule has 2 aliphatic carbocycles. The van der Waals surface area contributed by atoms with Crippen LogP contribution in [0.4, 0.5) is 5.13 Å². The van der Waals surface area contributed by atoms with Crippen LogP contribution in [0.1, 0.15) is 37.8 Å². The summed E-state index contributed by atoms with van der Waals surface area (Å²) in [5.74, 6) is 0.159. The first-order valence-corrected chi connectivity index (χ1v) is 9.97. The highest BCUT2D eigenvalue weighted by Gasteiger charge is 2.41. The molecule has 2 fully saturated rings. The smallest absolute Gasteiger partial charge is 0.229 e. The third kappa shape index (κ3) is 3.80. The van der Waals surface area contributed by atoms with Gasteiger partial charge in [-0.05, 0) is 32.6 Å². The van der Waals surface area contributed by atoms with Gasteiger partial charge in [0.2, 0.25) is 11.8 Å². The number of fused-ring (bicyclic) bond motifs is 2. The Labute approximate surface area is 149 Å². The minimum Gasteiger partial charge on any atom is -0.369 e. The van der Waals surface area contributed by atoms with Crippen LogP contribution < -0.4 is 11.1 Å². The number of nitrogens with one attached hydrogen (secondary N) is 1. The van der Waals surface area contributed by atoms with Crippen LogP contribution in [0.25, 0.3) is 0 Å². The van der Waals surface area contributed by atoms with Crippen LogP contribution in [0.5, 0.6) is 0 Å². The Bertz CT molecular complexity index is 658. The zero-order valence-electron chi connectivity index (χ0n) is 13.5. The SMILES string of the molecule is Cc1nc(NC(=O)C2CC3CCCC(C2)C3=O)sc1SCC(N)=O. The zero-order chi connectivity index (χ0) is 17.3. The van der Waals surface area contributed by atoms with Gasteiger partial charge in [0.1, 0.15) is 5.78 Å². The first-order chi connectivity index (χ1) is 11.4. The van der Waals surface area contributed by atoms with Crippen molar-refractivity contribution in [2.75, 3.05) is 11.1 Å². The maximum atomic E-state index is 12.6. The molecule has 2 bridgehead atoms. The van der Waals surface area contributed by atoms with Gasteiger partial charge in [-0.15, -0.1) is 11.8 Å². The number of carbonyl (C=O) groups excluding carboxylic acids is 3. The van der Waals surface area contributed by atoms with Crippen molar-refractivity contribution in [3.8, 4) is 0 Å². The van der Waals surface area contributed by atoms with E-state index in [2.05, 4.69) is 10.3 Å². The molecule has 130 valence electrons. The Morgan fingerprint density at radius 3 is 2.62 bits per heavy atom. The molecule has 0 aromatic carbocycles. The van der Waals surface area contributed by atoms with Crippen molar-refractivity contribution in [1.29, 1.82) is 0 Å². The minimum absolute atomic E-state index is 0.0420. The predicted molar refractivity (Wildman–Crippen MR) is 94.0 cm³/mol. The van der Waals surface area contributed by atoms with E-state index in [0.29, 0.717) is 23.8 Å². The fourth-order valence-corrected chi connectivity index (χ4v) is 5.49. The molecular weight excluding hydrogens is 346 g/mol. The number of aromatic nitrogens is 1. The van der Waals surface area contributed by atoms with Crippen molar-refractivity contribution in [3.05, 3.63) is 5.69 Å². The number of anilines is 1. The molecule has 3 N–H and O–H groups in total.